The number of halogens is 1. The van der Waals surface area contributed by atoms with Crippen LogP contribution in [0.4, 0.5) is 0 Å². The highest BCUT2D eigenvalue weighted by atomic mass is 35.5. The predicted molar refractivity (Wildman–Crippen MR) is 78.3 cm³/mol. The van der Waals surface area contributed by atoms with Gasteiger partial charge in [-0.25, -0.2) is 0 Å². The minimum Gasteiger partial charge on any atom is -0.316 e. The normalized spacial score (nSPS) is 21.8. The number of hydrogen-bond acceptors (Lipinski definition) is 3. The largest absolute Gasteiger partial charge is 0.316 e. The van der Waals surface area contributed by atoms with Crippen LogP contribution in [0.3, 0.4) is 0 Å². The van der Waals surface area contributed by atoms with E-state index in [1.54, 1.807) is 0 Å². The number of rotatable bonds is 5. The average molecular weight is 275 g/mol. The van der Waals surface area contributed by atoms with Gasteiger partial charge in [-0.05, 0) is 63.2 Å². The summed E-state index contributed by atoms with van der Waals surface area (Å²) in [7, 11) is 0. The van der Waals surface area contributed by atoms with Crippen molar-refractivity contribution in [3.8, 4) is 0 Å². The van der Waals surface area contributed by atoms with Gasteiger partial charge in [0.15, 0.2) is 0 Å². The van der Waals surface area contributed by atoms with Gasteiger partial charge in [0.25, 0.3) is 0 Å². The SMILES string of the molecule is CC(Cc1cccs1)NCC1CCCNC1.Cl. The molecule has 0 amide bonds. The minimum absolute atomic E-state index is 0. The third-order valence-electron chi connectivity index (χ3n) is 3.24. The molecule has 1 aromatic heterocycles. The first kappa shape index (κ1) is 15.0. The Morgan fingerprint density at radius 2 is 2.47 bits per heavy atom. The van der Waals surface area contributed by atoms with Crippen molar-refractivity contribution in [1.29, 1.82) is 0 Å². The van der Waals surface area contributed by atoms with Gasteiger partial charge in [-0.3, -0.25) is 0 Å². The van der Waals surface area contributed by atoms with Crippen LogP contribution in [0.2, 0.25) is 0 Å². The Bertz CT molecular complexity index is 284. The lowest BCUT2D eigenvalue weighted by Crippen LogP contribution is -2.39. The maximum atomic E-state index is 3.66. The zero-order valence-electron chi connectivity index (χ0n) is 10.4. The second-order valence-electron chi connectivity index (χ2n) is 4.81. The molecule has 2 unspecified atom stereocenters. The number of piperidine rings is 1. The van der Waals surface area contributed by atoms with Crippen LogP contribution < -0.4 is 10.6 Å². The maximum absolute atomic E-state index is 3.66. The minimum atomic E-state index is 0. The van der Waals surface area contributed by atoms with Crippen LogP contribution in [-0.4, -0.2) is 25.7 Å². The molecular weight excluding hydrogens is 252 g/mol. The van der Waals surface area contributed by atoms with E-state index in [1.165, 1.54) is 37.4 Å². The lowest BCUT2D eigenvalue weighted by Gasteiger charge is -2.24. The Balaban J connectivity index is 0.00000144. The van der Waals surface area contributed by atoms with Crippen molar-refractivity contribution >= 4 is 23.7 Å². The molecule has 98 valence electrons. The van der Waals surface area contributed by atoms with Crippen LogP contribution in [0.5, 0.6) is 0 Å². The molecule has 1 saturated heterocycles. The Hall–Kier alpha value is -0.0900. The molecule has 0 aromatic carbocycles. The zero-order valence-corrected chi connectivity index (χ0v) is 12.1. The molecule has 2 N–H and O–H groups in total. The van der Waals surface area contributed by atoms with Crippen molar-refractivity contribution in [3.05, 3.63) is 22.4 Å². The average Bonchev–Trinajstić information content (AvgIpc) is 2.81. The van der Waals surface area contributed by atoms with E-state index in [9.17, 15) is 0 Å². The van der Waals surface area contributed by atoms with Crippen molar-refractivity contribution in [2.24, 2.45) is 5.92 Å². The third kappa shape index (κ3) is 5.38. The molecule has 0 saturated carbocycles. The van der Waals surface area contributed by atoms with Gasteiger partial charge in [-0.15, -0.1) is 23.7 Å². The fourth-order valence-corrected chi connectivity index (χ4v) is 3.10. The van der Waals surface area contributed by atoms with E-state index >= 15 is 0 Å². The van der Waals surface area contributed by atoms with E-state index in [0.29, 0.717) is 6.04 Å². The van der Waals surface area contributed by atoms with E-state index in [0.717, 1.165) is 12.3 Å². The number of nitrogens with one attached hydrogen (secondary N) is 2. The van der Waals surface area contributed by atoms with Crippen LogP contribution in [-0.2, 0) is 6.42 Å². The Morgan fingerprint density at radius 1 is 1.59 bits per heavy atom. The van der Waals surface area contributed by atoms with E-state index in [2.05, 4.69) is 35.1 Å². The molecule has 2 nitrogen and oxygen atoms in total. The number of hydrogen-bond donors (Lipinski definition) is 2. The van der Waals surface area contributed by atoms with Crippen LogP contribution in [0.15, 0.2) is 17.5 Å². The molecule has 1 aromatic rings. The van der Waals surface area contributed by atoms with Crippen molar-refractivity contribution < 1.29 is 0 Å². The van der Waals surface area contributed by atoms with Crippen molar-refractivity contribution in [2.75, 3.05) is 19.6 Å². The summed E-state index contributed by atoms with van der Waals surface area (Å²) in [6, 6.07) is 4.96. The Kier molecular flexibility index (Phi) is 7.12. The van der Waals surface area contributed by atoms with Crippen molar-refractivity contribution in [1.82, 2.24) is 10.6 Å². The van der Waals surface area contributed by atoms with Crippen LogP contribution in [0.1, 0.15) is 24.6 Å². The molecule has 1 aliphatic rings. The molecule has 0 aliphatic carbocycles. The summed E-state index contributed by atoms with van der Waals surface area (Å²) >= 11 is 1.86. The lowest BCUT2D eigenvalue weighted by molar-refractivity contribution is 0.346. The molecule has 2 atom stereocenters. The fraction of sp³-hybridized carbons (Fsp3) is 0.692. The maximum Gasteiger partial charge on any atom is 0.00871 e. The molecule has 0 spiro atoms. The fourth-order valence-electron chi connectivity index (χ4n) is 2.27. The van der Waals surface area contributed by atoms with Crippen molar-refractivity contribution in [2.45, 2.75) is 32.2 Å². The molecule has 2 heterocycles. The molecular formula is C13H23ClN2S. The first-order valence-corrected chi connectivity index (χ1v) is 7.19. The van der Waals surface area contributed by atoms with Crippen molar-refractivity contribution in [3.63, 3.8) is 0 Å². The smallest absolute Gasteiger partial charge is 0.00871 e. The van der Waals surface area contributed by atoms with Gasteiger partial charge in [0, 0.05) is 10.9 Å². The molecule has 4 heteroatoms. The number of thiophene rings is 1. The molecule has 2 rings (SSSR count). The Morgan fingerprint density at radius 3 is 3.12 bits per heavy atom. The van der Waals surface area contributed by atoms with Crippen LogP contribution in [0, 0.1) is 5.92 Å². The summed E-state index contributed by atoms with van der Waals surface area (Å²) in [5, 5.41) is 9.28. The van der Waals surface area contributed by atoms with E-state index < -0.39 is 0 Å². The summed E-state index contributed by atoms with van der Waals surface area (Å²) in [6.07, 6.45) is 3.88. The summed E-state index contributed by atoms with van der Waals surface area (Å²) < 4.78 is 0. The van der Waals surface area contributed by atoms with Gasteiger partial charge in [0.05, 0.1) is 0 Å². The quantitative estimate of drug-likeness (QED) is 0.863. The molecule has 1 aliphatic heterocycles. The summed E-state index contributed by atoms with van der Waals surface area (Å²) in [6.45, 7) is 5.86. The first-order valence-electron chi connectivity index (χ1n) is 6.31. The van der Waals surface area contributed by atoms with Gasteiger partial charge in [-0.1, -0.05) is 6.07 Å². The van der Waals surface area contributed by atoms with Crippen LogP contribution in [0.25, 0.3) is 0 Å². The predicted octanol–water partition coefficient (Wildman–Crippen LogP) is 2.69. The van der Waals surface area contributed by atoms with E-state index in [4.69, 9.17) is 0 Å². The summed E-state index contributed by atoms with van der Waals surface area (Å²) in [5.74, 6) is 0.833. The second kappa shape index (κ2) is 8.09. The van der Waals surface area contributed by atoms with E-state index in [1.807, 2.05) is 11.3 Å². The first-order chi connectivity index (χ1) is 7.84. The molecule has 0 radical (unpaired) electrons. The molecule has 1 fully saturated rings. The summed E-state index contributed by atoms with van der Waals surface area (Å²) in [4.78, 5) is 1.49. The molecule has 0 bridgehead atoms. The zero-order chi connectivity index (χ0) is 11.2. The van der Waals surface area contributed by atoms with Gasteiger partial charge in [-0.2, -0.15) is 0 Å². The van der Waals surface area contributed by atoms with Gasteiger partial charge in [0.2, 0.25) is 0 Å². The second-order valence-corrected chi connectivity index (χ2v) is 5.84. The monoisotopic (exact) mass is 274 g/mol. The standard InChI is InChI=1S/C13H22N2S.ClH/c1-11(8-13-5-3-7-16-13)15-10-12-4-2-6-14-9-12;/h3,5,7,11-12,14-15H,2,4,6,8-10H2,1H3;1H. The summed E-state index contributed by atoms with van der Waals surface area (Å²) in [5.41, 5.74) is 0. The van der Waals surface area contributed by atoms with Crippen LogP contribution >= 0.6 is 23.7 Å². The highest BCUT2D eigenvalue weighted by Gasteiger charge is 2.13. The topological polar surface area (TPSA) is 24.1 Å². The van der Waals surface area contributed by atoms with Gasteiger partial charge in [0.1, 0.15) is 0 Å². The Labute approximate surface area is 115 Å². The highest BCUT2D eigenvalue weighted by molar-refractivity contribution is 7.09. The molecule has 17 heavy (non-hydrogen) atoms. The lowest BCUT2D eigenvalue weighted by atomic mass is 9.99. The van der Waals surface area contributed by atoms with Gasteiger partial charge < -0.3 is 10.6 Å². The van der Waals surface area contributed by atoms with E-state index in [-0.39, 0.29) is 12.4 Å². The highest BCUT2D eigenvalue weighted by Crippen LogP contribution is 2.12. The third-order valence-corrected chi connectivity index (χ3v) is 4.14. The van der Waals surface area contributed by atoms with Gasteiger partial charge >= 0.3 is 0 Å².